The molecule has 0 bridgehead atoms. The van der Waals surface area contributed by atoms with E-state index in [-0.39, 0.29) is 11.3 Å². The number of rotatable bonds is 2. The lowest BCUT2D eigenvalue weighted by Crippen LogP contribution is -2.06. The summed E-state index contributed by atoms with van der Waals surface area (Å²) in [6.07, 6.45) is 3.93. The third-order valence-electron chi connectivity index (χ3n) is 2.17. The lowest BCUT2D eigenvalue weighted by atomic mass is 10.1. The van der Waals surface area contributed by atoms with E-state index in [1.54, 1.807) is 12.1 Å². The number of ketones is 1. The molecule has 0 unspecified atom stereocenters. The second-order valence-electron chi connectivity index (χ2n) is 3.40. The van der Waals surface area contributed by atoms with Crippen LogP contribution >= 0.6 is 0 Å². The van der Waals surface area contributed by atoms with Gasteiger partial charge in [0.05, 0.1) is 11.8 Å². The molecule has 0 saturated carbocycles. The van der Waals surface area contributed by atoms with Crippen LogP contribution in [-0.2, 0) is 0 Å². The second-order valence-corrected chi connectivity index (χ2v) is 3.40. The van der Waals surface area contributed by atoms with Crippen LogP contribution in [0, 0.1) is 12.7 Å². The number of hydrogen-bond acceptors (Lipinski definition) is 3. The van der Waals surface area contributed by atoms with Crippen molar-refractivity contribution in [1.82, 2.24) is 9.97 Å². The van der Waals surface area contributed by atoms with Crippen LogP contribution in [0.5, 0.6) is 0 Å². The normalized spacial score (nSPS) is 10.1. The van der Waals surface area contributed by atoms with Crippen molar-refractivity contribution in [3.05, 3.63) is 59.4 Å². The summed E-state index contributed by atoms with van der Waals surface area (Å²) in [5.74, 6) is -1.06. The van der Waals surface area contributed by atoms with Gasteiger partial charge in [-0.05, 0) is 30.7 Å². The molecule has 2 aromatic rings. The summed E-state index contributed by atoms with van der Waals surface area (Å²) >= 11 is 0. The van der Waals surface area contributed by atoms with E-state index < -0.39 is 11.6 Å². The Labute approximate surface area is 92.0 Å². The first-order valence-electron chi connectivity index (χ1n) is 4.75. The maximum atomic E-state index is 13.3. The van der Waals surface area contributed by atoms with Gasteiger partial charge in [-0.1, -0.05) is 0 Å². The first kappa shape index (κ1) is 10.4. The van der Waals surface area contributed by atoms with Gasteiger partial charge >= 0.3 is 0 Å². The van der Waals surface area contributed by atoms with E-state index in [2.05, 4.69) is 9.97 Å². The summed E-state index contributed by atoms with van der Waals surface area (Å²) in [7, 11) is 0. The quantitative estimate of drug-likeness (QED) is 0.722. The number of aromatic nitrogens is 2. The van der Waals surface area contributed by atoms with Crippen LogP contribution in [0.25, 0.3) is 0 Å². The topological polar surface area (TPSA) is 42.9 Å². The summed E-state index contributed by atoms with van der Waals surface area (Å²) in [6.45, 7) is 1.85. The zero-order valence-corrected chi connectivity index (χ0v) is 8.64. The summed E-state index contributed by atoms with van der Waals surface area (Å²) in [5.41, 5.74) is 1.14. The summed E-state index contributed by atoms with van der Waals surface area (Å²) < 4.78 is 13.3. The van der Waals surface area contributed by atoms with Gasteiger partial charge in [-0.15, -0.1) is 0 Å². The fraction of sp³-hybridized carbons (Fsp3) is 0.0833. The molecule has 0 saturated heterocycles. The zero-order chi connectivity index (χ0) is 11.5. The van der Waals surface area contributed by atoms with E-state index in [1.807, 2.05) is 6.92 Å². The van der Waals surface area contributed by atoms with Gasteiger partial charge in [0.15, 0.2) is 5.82 Å². The summed E-state index contributed by atoms with van der Waals surface area (Å²) in [6, 6.07) is 4.75. The molecule has 0 radical (unpaired) electrons. The minimum atomic E-state index is -0.629. The first-order chi connectivity index (χ1) is 7.68. The molecular weight excluding hydrogens is 207 g/mol. The molecule has 2 aromatic heterocycles. The van der Waals surface area contributed by atoms with Gasteiger partial charge in [0.2, 0.25) is 5.78 Å². The molecule has 0 fully saturated rings. The smallest absolute Gasteiger partial charge is 0.214 e. The molecule has 0 N–H and O–H groups in total. The molecule has 0 aliphatic heterocycles. The molecule has 16 heavy (non-hydrogen) atoms. The molecule has 2 heterocycles. The Morgan fingerprint density at radius 2 is 2.12 bits per heavy atom. The molecule has 4 heteroatoms. The van der Waals surface area contributed by atoms with Crippen LogP contribution in [0.2, 0.25) is 0 Å². The lowest BCUT2D eigenvalue weighted by Gasteiger charge is -2.01. The number of carbonyl (C=O) groups is 1. The van der Waals surface area contributed by atoms with E-state index in [1.165, 1.54) is 18.5 Å². The molecule has 0 aromatic carbocycles. The fourth-order valence-corrected chi connectivity index (χ4v) is 1.36. The fourth-order valence-electron chi connectivity index (χ4n) is 1.36. The van der Waals surface area contributed by atoms with Crippen LogP contribution in [0.3, 0.4) is 0 Å². The Kier molecular flexibility index (Phi) is 2.72. The van der Waals surface area contributed by atoms with Gasteiger partial charge in [-0.25, -0.2) is 4.39 Å². The zero-order valence-electron chi connectivity index (χ0n) is 8.64. The van der Waals surface area contributed by atoms with Crippen LogP contribution < -0.4 is 0 Å². The van der Waals surface area contributed by atoms with Crippen LogP contribution in [0.4, 0.5) is 4.39 Å². The Hall–Kier alpha value is -2.10. The number of pyridine rings is 2. The van der Waals surface area contributed by atoms with Gasteiger partial charge < -0.3 is 0 Å². The van der Waals surface area contributed by atoms with Crippen molar-refractivity contribution in [2.45, 2.75) is 6.92 Å². The van der Waals surface area contributed by atoms with Gasteiger partial charge in [0, 0.05) is 12.4 Å². The number of nitrogens with zero attached hydrogens (tertiary/aromatic N) is 2. The van der Waals surface area contributed by atoms with Crippen molar-refractivity contribution in [3.8, 4) is 0 Å². The van der Waals surface area contributed by atoms with Crippen LogP contribution in [0.1, 0.15) is 21.6 Å². The average molecular weight is 216 g/mol. The van der Waals surface area contributed by atoms with Crippen molar-refractivity contribution >= 4 is 5.78 Å². The Balaban J connectivity index is 2.44. The largest absolute Gasteiger partial charge is 0.287 e. The standard InChI is InChI=1S/C12H9FN2O/c1-8-2-5-15-11(6-8)12(16)9-3-4-14-7-10(9)13/h2-7H,1H3. The molecule has 80 valence electrons. The number of aryl methyl sites for hydroxylation is 1. The van der Waals surface area contributed by atoms with E-state index in [9.17, 15) is 9.18 Å². The van der Waals surface area contributed by atoms with Gasteiger partial charge in [0.25, 0.3) is 0 Å². The predicted molar refractivity (Wildman–Crippen MR) is 56.6 cm³/mol. The van der Waals surface area contributed by atoms with E-state index in [0.717, 1.165) is 11.8 Å². The Morgan fingerprint density at radius 3 is 2.81 bits per heavy atom. The van der Waals surface area contributed by atoms with E-state index in [0.29, 0.717) is 0 Å². The first-order valence-corrected chi connectivity index (χ1v) is 4.75. The number of carbonyl (C=O) groups excluding carboxylic acids is 1. The van der Waals surface area contributed by atoms with Gasteiger partial charge in [-0.3, -0.25) is 14.8 Å². The van der Waals surface area contributed by atoms with Crippen LogP contribution in [0.15, 0.2) is 36.8 Å². The highest BCUT2D eigenvalue weighted by Gasteiger charge is 2.14. The summed E-state index contributed by atoms with van der Waals surface area (Å²) in [5, 5.41) is 0. The highest BCUT2D eigenvalue weighted by molar-refractivity contribution is 6.07. The highest BCUT2D eigenvalue weighted by Crippen LogP contribution is 2.11. The van der Waals surface area contributed by atoms with E-state index >= 15 is 0 Å². The molecular formula is C12H9FN2O. The van der Waals surface area contributed by atoms with Crippen molar-refractivity contribution < 1.29 is 9.18 Å². The van der Waals surface area contributed by atoms with Crippen molar-refractivity contribution in [1.29, 1.82) is 0 Å². The van der Waals surface area contributed by atoms with E-state index in [4.69, 9.17) is 0 Å². The Morgan fingerprint density at radius 1 is 1.31 bits per heavy atom. The molecule has 2 rings (SSSR count). The molecule has 3 nitrogen and oxygen atoms in total. The summed E-state index contributed by atoms with van der Waals surface area (Å²) in [4.78, 5) is 19.4. The van der Waals surface area contributed by atoms with Gasteiger partial charge in [0.1, 0.15) is 5.69 Å². The molecule has 0 aliphatic rings. The predicted octanol–water partition coefficient (Wildman–Crippen LogP) is 2.16. The minimum Gasteiger partial charge on any atom is -0.287 e. The van der Waals surface area contributed by atoms with Gasteiger partial charge in [-0.2, -0.15) is 0 Å². The maximum absolute atomic E-state index is 13.3. The van der Waals surface area contributed by atoms with Crippen molar-refractivity contribution in [3.63, 3.8) is 0 Å². The van der Waals surface area contributed by atoms with Crippen molar-refractivity contribution in [2.24, 2.45) is 0 Å². The Bertz CT molecular complexity index is 540. The monoisotopic (exact) mass is 216 g/mol. The minimum absolute atomic E-state index is 0.00639. The molecule has 0 atom stereocenters. The number of hydrogen-bond donors (Lipinski definition) is 0. The van der Waals surface area contributed by atoms with Crippen LogP contribution in [-0.4, -0.2) is 15.8 Å². The second kappa shape index (κ2) is 4.18. The average Bonchev–Trinajstić information content (AvgIpc) is 2.29. The SMILES string of the molecule is Cc1ccnc(C(=O)c2ccncc2F)c1. The molecule has 0 spiro atoms. The molecule has 0 aliphatic carbocycles. The number of halogens is 1. The lowest BCUT2D eigenvalue weighted by molar-refractivity contribution is 0.103. The third-order valence-corrected chi connectivity index (χ3v) is 2.17. The van der Waals surface area contributed by atoms with Crippen molar-refractivity contribution in [2.75, 3.05) is 0 Å². The maximum Gasteiger partial charge on any atom is 0.214 e. The third kappa shape index (κ3) is 1.95. The highest BCUT2D eigenvalue weighted by atomic mass is 19.1. The molecule has 0 amide bonds.